The van der Waals surface area contributed by atoms with Gasteiger partial charge in [-0.3, -0.25) is 4.31 Å². The highest BCUT2D eigenvalue weighted by atomic mass is 32.2. The second kappa shape index (κ2) is 8.36. The molecule has 1 aliphatic heterocycles. The van der Waals surface area contributed by atoms with E-state index >= 15 is 0 Å². The molecule has 7 nitrogen and oxygen atoms in total. The summed E-state index contributed by atoms with van der Waals surface area (Å²) in [5.74, 6) is 0.335. The van der Waals surface area contributed by atoms with E-state index in [4.69, 9.17) is 4.74 Å². The maximum absolute atomic E-state index is 13.0. The van der Waals surface area contributed by atoms with Gasteiger partial charge in [0, 0.05) is 12.6 Å². The number of benzene rings is 1. The first kappa shape index (κ1) is 20.4. The second-order valence-electron chi connectivity index (χ2n) is 7.12. The summed E-state index contributed by atoms with van der Waals surface area (Å²) >= 11 is 0. The quantitative estimate of drug-likeness (QED) is 0.769. The molecule has 0 atom stereocenters. The lowest BCUT2D eigenvalue weighted by Gasteiger charge is -2.29. The molecule has 3 rings (SSSR count). The van der Waals surface area contributed by atoms with E-state index in [1.165, 1.54) is 10.4 Å². The normalized spacial score (nSPS) is 21.1. The van der Waals surface area contributed by atoms with Gasteiger partial charge in [0.05, 0.1) is 18.0 Å². The average Bonchev–Trinajstić information content (AvgIpc) is 2.62. The van der Waals surface area contributed by atoms with Gasteiger partial charge in [0.15, 0.2) is 0 Å². The van der Waals surface area contributed by atoms with Crippen LogP contribution in [-0.2, 0) is 20.0 Å². The molecule has 0 radical (unpaired) electrons. The third-order valence-electron chi connectivity index (χ3n) is 5.08. The van der Waals surface area contributed by atoms with Crippen molar-refractivity contribution in [2.24, 2.45) is 0 Å². The fourth-order valence-electron chi connectivity index (χ4n) is 3.72. The predicted molar refractivity (Wildman–Crippen MR) is 105 cm³/mol. The minimum atomic E-state index is -3.81. The molecule has 0 spiro atoms. The van der Waals surface area contributed by atoms with Crippen LogP contribution in [0.3, 0.4) is 0 Å². The van der Waals surface area contributed by atoms with Crippen molar-refractivity contribution in [1.82, 2.24) is 4.72 Å². The summed E-state index contributed by atoms with van der Waals surface area (Å²) in [5.41, 5.74) is 0.377. The Bertz CT molecular complexity index is 862. The Morgan fingerprint density at radius 3 is 2.56 bits per heavy atom. The number of nitrogens with zero attached hydrogens (tertiary/aromatic N) is 1. The standard InChI is InChI=1S/C18H28N2O5S2/c1-2-25-17-11-10-16(20-12-6-7-13-26(20,21)22)14-18(17)27(23,24)19-15-8-4-3-5-9-15/h10-11,14-15,19H,2-9,12-13H2,1H3. The van der Waals surface area contributed by atoms with Gasteiger partial charge in [0.1, 0.15) is 10.6 Å². The van der Waals surface area contributed by atoms with Crippen LogP contribution in [0.25, 0.3) is 0 Å². The fraction of sp³-hybridized carbons (Fsp3) is 0.667. The van der Waals surface area contributed by atoms with Gasteiger partial charge in [-0.1, -0.05) is 19.3 Å². The van der Waals surface area contributed by atoms with Crippen molar-refractivity contribution in [2.45, 2.75) is 62.8 Å². The molecule has 2 fully saturated rings. The zero-order valence-electron chi connectivity index (χ0n) is 15.7. The lowest BCUT2D eigenvalue weighted by Crippen LogP contribution is -2.38. The summed E-state index contributed by atoms with van der Waals surface area (Å²) in [6.45, 7) is 2.48. The Morgan fingerprint density at radius 1 is 1.15 bits per heavy atom. The molecule has 1 saturated heterocycles. The number of hydrogen-bond donors (Lipinski definition) is 1. The van der Waals surface area contributed by atoms with E-state index in [-0.39, 0.29) is 22.4 Å². The highest BCUT2D eigenvalue weighted by molar-refractivity contribution is 7.92. The van der Waals surface area contributed by atoms with Gasteiger partial charge in [-0.15, -0.1) is 0 Å². The summed E-state index contributed by atoms with van der Waals surface area (Å²) in [4.78, 5) is 0.00759. The Labute approximate surface area is 162 Å². The zero-order chi connectivity index (χ0) is 19.5. The van der Waals surface area contributed by atoms with Crippen molar-refractivity contribution in [3.05, 3.63) is 18.2 Å². The molecule has 9 heteroatoms. The Hall–Kier alpha value is -1.32. The van der Waals surface area contributed by atoms with Crippen molar-refractivity contribution in [3.8, 4) is 5.75 Å². The van der Waals surface area contributed by atoms with Gasteiger partial charge in [0.25, 0.3) is 0 Å². The predicted octanol–water partition coefficient (Wildman–Crippen LogP) is 2.63. The first-order valence-electron chi connectivity index (χ1n) is 9.63. The molecule has 1 aliphatic carbocycles. The molecular weight excluding hydrogens is 388 g/mol. The maximum Gasteiger partial charge on any atom is 0.244 e. The first-order chi connectivity index (χ1) is 12.8. The first-order valence-corrected chi connectivity index (χ1v) is 12.7. The molecule has 0 aromatic heterocycles. The third-order valence-corrected chi connectivity index (χ3v) is 8.49. The molecular formula is C18H28N2O5S2. The monoisotopic (exact) mass is 416 g/mol. The molecule has 1 heterocycles. The van der Waals surface area contributed by atoms with Crippen LogP contribution >= 0.6 is 0 Å². The van der Waals surface area contributed by atoms with E-state index in [1.807, 2.05) is 0 Å². The van der Waals surface area contributed by atoms with Gasteiger partial charge in [-0.2, -0.15) is 0 Å². The number of sulfonamides is 2. The Morgan fingerprint density at radius 2 is 1.89 bits per heavy atom. The second-order valence-corrected chi connectivity index (χ2v) is 10.8. The van der Waals surface area contributed by atoms with E-state index in [9.17, 15) is 16.8 Å². The fourth-order valence-corrected chi connectivity index (χ4v) is 6.82. The highest BCUT2D eigenvalue weighted by Gasteiger charge is 2.30. The topological polar surface area (TPSA) is 92.8 Å². The van der Waals surface area contributed by atoms with Crippen LogP contribution in [0.2, 0.25) is 0 Å². The molecule has 1 aromatic carbocycles. The van der Waals surface area contributed by atoms with E-state index in [0.29, 0.717) is 25.3 Å². The van der Waals surface area contributed by atoms with E-state index in [2.05, 4.69) is 4.72 Å². The van der Waals surface area contributed by atoms with E-state index < -0.39 is 20.0 Å². The van der Waals surface area contributed by atoms with Crippen LogP contribution in [0.4, 0.5) is 5.69 Å². The van der Waals surface area contributed by atoms with Crippen LogP contribution in [0.5, 0.6) is 5.75 Å². The lowest BCUT2D eigenvalue weighted by molar-refractivity contribution is 0.330. The number of ether oxygens (including phenoxy) is 1. The Balaban J connectivity index is 1.96. The number of nitrogens with one attached hydrogen (secondary N) is 1. The Kier molecular flexibility index (Phi) is 6.32. The van der Waals surface area contributed by atoms with Gasteiger partial charge >= 0.3 is 0 Å². The summed E-state index contributed by atoms with van der Waals surface area (Å²) < 4.78 is 60.5. The molecule has 1 saturated carbocycles. The van der Waals surface area contributed by atoms with Gasteiger partial charge < -0.3 is 4.74 Å². The molecule has 1 N–H and O–H groups in total. The molecule has 152 valence electrons. The van der Waals surface area contributed by atoms with Crippen LogP contribution in [-0.4, -0.2) is 41.8 Å². The highest BCUT2D eigenvalue weighted by Crippen LogP contribution is 2.32. The van der Waals surface area contributed by atoms with E-state index in [0.717, 1.165) is 38.5 Å². The molecule has 0 unspecified atom stereocenters. The SMILES string of the molecule is CCOc1ccc(N2CCCCS2(=O)=O)cc1S(=O)(=O)NC1CCCCC1. The summed E-state index contributed by atoms with van der Waals surface area (Å²) in [7, 11) is -7.22. The molecule has 1 aromatic rings. The van der Waals surface area contributed by atoms with Crippen LogP contribution in [0, 0.1) is 0 Å². The van der Waals surface area contributed by atoms with Crippen molar-refractivity contribution in [2.75, 3.05) is 23.2 Å². The minimum Gasteiger partial charge on any atom is -0.492 e. The lowest BCUT2D eigenvalue weighted by atomic mass is 9.96. The zero-order valence-corrected chi connectivity index (χ0v) is 17.3. The molecule has 2 aliphatic rings. The molecule has 27 heavy (non-hydrogen) atoms. The number of hydrogen-bond acceptors (Lipinski definition) is 5. The third kappa shape index (κ3) is 4.75. The minimum absolute atomic E-state index is 0.00759. The maximum atomic E-state index is 13.0. The number of rotatable bonds is 6. The van der Waals surface area contributed by atoms with Crippen molar-refractivity contribution in [1.29, 1.82) is 0 Å². The largest absolute Gasteiger partial charge is 0.492 e. The summed E-state index contributed by atoms with van der Waals surface area (Å²) in [6.07, 6.45) is 6.19. The van der Waals surface area contributed by atoms with Crippen LogP contribution in [0.1, 0.15) is 51.9 Å². The van der Waals surface area contributed by atoms with E-state index in [1.54, 1.807) is 19.1 Å². The average molecular weight is 417 g/mol. The smallest absolute Gasteiger partial charge is 0.244 e. The van der Waals surface area contributed by atoms with Crippen molar-refractivity contribution >= 4 is 25.7 Å². The van der Waals surface area contributed by atoms with Crippen molar-refractivity contribution in [3.63, 3.8) is 0 Å². The van der Waals surface area contributed by atoms with Crippen molar-refractivity contribution < 1.29 is 21.6 Å². The molecule has 0 bridgehead atoms. The number of anilines is 1. The van der Waals surface area contributed by atoms with Gasteiger partial charge in [-0.25, -0.2) is 21.6 Å². The summed E-state index contributed by atoms with van der Waals surface area (Å²) in [5, 5.41) is 0. The summed E-state index contributed by atoms with van der Waals surface area (Å²) in [6, 6.07) is 4.52. The van der Waals surface area contributed by atoms with Gasteiger partial charge in [-0.05, 0) is 50.8 Å². The van der Waals surface area contributed by atoms with Crippen LogP contribution in [0.15, 0.2) is 23.1 Å². The molecule has 0 amide bonds. The van der Waals surface area contributed by atoms with Gasteiger partial charge in [0.2, 0.25) is 20.0 Å². The van der Waals surface area contributed by atoms with Crippen LogP contribution < -0.4 is 13.8 Å².